The van der Waals surface area contributed by atoms with Crippen molar-refractivity contribution < 1.29 is 26.3 Å². The first-order chi connectivity index (χ1) is 9.57. The molecule has 9 heteroatoms. The summed E-state index contributed by atoms with van der Waals surface area (Å²) < 4.78 is 78.4. The Kier molecular flexibility index (Phi) is 3.69. The van der Waals surface area contributed by atoms with Crippen LogP contribution in [0.25, 0.3) is 11.3 Å². The molecule has 1 N–H and O–H groups in total. The van der Waals surface area contributed by atoms with Gasteiger partial charge >= 0.3 is 17.2 Å². The molecule has 0 saturated heterocycles. The lowest BCUT2D eigenvalue weighted by Gasteiger charge is -2.28. The van der Waals surface area contributed by atoms with Crippen molar-refractivity contribution in [3.8, 4) is 11.3 Å². The Hall–Kier alpha value is -1.70. The van der Waals surface area contributed by atoms with Crippen LogP contribution in [0.1, 0.15) is 5.69 Å². The minimum Gasteiger partial charge on any atom is -0.276 e. The Labute approximate surface area is 119 Å². The van der Waals surface area contributed by atoms with Gasteiger partial charge < -0.3 is 0 Å². The normalized spacial score (nSPS) is 13.5. The second kappa shape index (κ2) is 4.94. The Balaban J connectivity index is 2.41. The van der Waals surface area contributed by atoms with Crippen LogP contribution in [0.3, 0.4) is 0 Å². The zero-order valence-corrected chi connectivity index (χ0v) is 10.8. The van der Waals surface area contributed by atoms with Crippen LogP contribution >= 0.6 is 11.6 Å². The van der Waals surface area contributed by atoms with E-state index in [2.05, 4.69) is 16.7 Å². The lowest BCUT2D eigenvalue weighted by atomic mass is 10.1. The predicted octanol–water partition coefficient (Wildman–Crippen LogP) is 4.64. The molecule has 114 valence electrons. The number of halogens is 7. The summed E-state index contributed by atoms with van der Waals surface area (Å²) in [7, 11) is 0. The molecule has 0 spiro atoms. The maximum Gasteiger partial charge on any atom is 0.392 e. The van der Waals surface area contributed by atoms with E-state index >= 15 is 0 Å². The summed E-state index contributed by atoms with van der Waals surface area (Å²) in [6.07, 6.45) is 0. The number of alkyl halides is 7. The molecule has 0 aliphatic heterocycles. The highest BCUT2D eigenvalue weighted by atomic mass is 35.5. The minimum absolute atomic E-state index is 0.0843. The SMILES string of the molecule is FC(F)(Cl)C(F)(F)C(F)(F)c1cc(-c2ccccc2)n[nH]1. The molecule has 2 rings (SSSR count). The molecule has 0 saturated carbocycles. The fourth-order valence-corrected chi connectivity index (χ4v) is 1.71. The second-order valence-corrected chi connectivity index (χ2v) is 4.65. The number of rotatable bonds is 4. The molecule has 0 fully saturated rings. The van der Waals surface area contributed by atoms with E-state index in [9.17, 15) is 26.3 Å². The fraction of sp³-hybridized carbons (Fsp3) is 0.250. The first-order valence-corrected chi connectivity index (χ1v) is 5.89. The Morgan fingerprint density at radius 2 is 1.52 bits per heavy atom. The summed E-state index contributed by atoms with van der Waals surface area (Å²) in [5.74, 6) is -11.0. The van der Waals surface area contributed by atoms with Crippen molar-refractivity contribution in [2.75, 3.05) is 0 Å². The fourth-order valence-electron chi connectivity index (χ4n) is 1.59. The van der Waals surface area contributed by atoms with E-state index < -0.39 is 22.9 Å². The maximum atomic E-state index is 13.6. The number of aromatic nitrogens is 2. The van der Waals surface area contributed by atoms with E-state index in [0.29, 0.717) is 11.6 Å². The smallest absolute Gasteiger partial charge is 0.276 e. The number of benzene rings is 1. The molecule has 0 radical (unpaired) electrons. The van der Waals surface area contributed by atoms with Crippen LogP contribution in [0.5, 0.6) is 0 Å². The van der Waals surface area contributed by atoms with Gasteiger partial charge in [-0.05, 0) is 17.7 Å². The maximum absolute atomic E-state index is 13.6. The molecule has 1 aromatic heterocycles. The average Bonchev–Trinajstić information content (AvgIpc) is 2.88. The molecule has 2 nitrogen and oxygen atoms in total. The Morgan fingerprint density at radius 3 is 2.05 bits per heavy atom. The van der Waals surface area contributed by atoms with Crippen molar-refractivity contribution in [3.05, 3.63) is 42.1 Å². The third-order valence-corrected chi connectivity index (χ3v) is 2.97. The van der Waals surface area contributed by atoms with E-state index in [1.54, 1.807) is 23.3 Å². The van der Waals surface area contributed by atoms with E-state index in [1.807, 2.05) is 0 Å². The molecule has 0 aliphatic carbocycles. The zero-order valence-electron chi connectivity index (χ0n) is 10.1. The molecular weight excluding hydrogens is 322 g/mol. The van der Waals surface area contributed by atoms with Crippen LogP contribution in [-0.4, -0.2) is 21.5 Å². The van der Waals surface area contributed by atoms with Crippen LogP contribution < -0.4 is 0 Å². The standard InChI is InChI=1S/C12H7ClF6N2/c13-12(18,19)11(16,17)10(14,15)9-6-8(20-21-9)7-4-2-1-3-5-7/h1-6H,(H,20,21). The first kappa shape index (κ1) is 15.7. The average molecular weight is 329 g/mol. The van der Waals surface area contributed by atoms with Gasteiger partial charge in [0.15, 0.2) is 0 Å². The summed E-state index contributed by atoms with van der Waals surface area (Å²) in [6, 6.07) is 8.35. The predicted molar refractivity (Wildman–Crippen MR) is 63.7 cm³/mol. The van der Waals surface area contributed by atoms with E-state index in [-0.39, 0.29) is 5.69 Å². The third kappa shape index (κ3) is 2.59. The van der Waals surface area contributed by atoms with E-state index in [1.165, 1.54) is 12.1 Å². The molecular formula is C12H7ClF6N2. The van der Waals surface area contributed by atoms with Crippen molar-refractivity contribution in [2.45, 2.75) is 17.2 Å². The highest BCUT2D eigenvalue weighted by molar-refractivity contribution is 6.22. The minimum atomic E-state index is -5.78. The molecule has 0 aliphatic rings. The Morgan fingerprint density at radius 1 is 0.952 bits per heavy atom. The lowest BCUT2D eigenvalue weighted by molar-refractivity contribution is -0.287. The zero-order chi connectivity index (χ0) is 15.9. The number of nitrogens with one attached hydrogen (secondary N) is 1. The quantitative estimate of drug-likeness (QED) is 0.643. The number of H-pyrrole nitrogens is 1. The number of hydrogen-bond acceptors (Lipinski definition) is 1. The van der Waals surface area contributed by atoms with Crippen molar-refractivity contribution in [2.24, 2.45) is 0 Å². The van der Waals surface area contributed by atoms with Gasteiger partial charge in [-0.1, -0.05) is 30.3 Å². The highest BCUT2D eigenvalue weighted by Crippen LogP contribution is 2.52. The largest absolute Gasteiger partial charge is 0.392 e. The van der Waals surface area contributed by atoms with Crippen molar-refractivity contribution in [1.29, 1.82) is 0 Å². The summed E-state index contributed by atoms with van der Waals surface area (Å²) >= 11 is 4.09. The number of aromatic amines is 1. The van der Waals surface area contributed by atoms with Crippen molar-refractivity contribution in [1.82, 2.24) is 10.2 Å². The van der Waals surface area contributed by atoms with Gasteiger partial charge in [-0.3, -0.25) is 5.10 Å². The van der Waals surface area contributed by atoms with Crippen LogP contribution in [0.2, 0.25) is 0 Å². The monoisotopic (exact) mass is 328 g/mol. The summed E-state index contributed by atoms with van der Waals surface area (Å²) in [5.41, 5.74) is -1.18. The van der Waals surface area contributed by atoms with Gasteiger partial charge in [0.1, 0.15) is 5.69 Å². The van der Waals surface area contributed by atoms with Crippen LogP contribution in [-0.2, 0) is 5.92 Å². The second-order valence-electron chi connectivity index (χ2n) is 4.18. The highest BCUT2D eigenvalue weighted by Gasteiger charge is 2.72. The van der Waals surface area contributed by atoms with Gasteiger partial charge in [0.25, 0.3) is 0 Å². The molecule has 0 bridgehead atoms. The molecule has 0 unspecified atom stereocenters. The number of hydrogen-bond donors (Lipinski definition) is 1. The van der Waals surface area contributed by atoms with Gasteiger partial charge in [-0.2, -0.15) is 31.4 Å². The van der Waals surface area contributed by atoms with Gasteiger partial charge in [0, 0.05) is 5.56 Å². The van der Waals surface area contributed by atoms with Gasteiger partial charge in [-0.25, -0.2) is 0 Å². The summed E-state index contributed by atoms with van der Waals surface area (Å²) in [5, 5.41) is -0.335. The van der Waals surface area contributed by atoms with Crippen molar-refractivity contribution >= 4 is 11.6 Å². The number of nitrogens with zero attached hydrogens (tertiary/aromatic N) is 1. The van der Waals surface area contributed by atoms with E-state index in [4.69, 9.17) is 0 Å². The van der Waals surface area contributed by atoms with Crippen LogP contribution in [0.4, 0.5) is 26.3 Å². The molecule has 1 heterocycles. The molecule has 0 amide bonds. The van der Waals surface area contributed by atoms with Gasteiger partial charge in [0.05, 0.1) is 5.69 Å². The van der Waals surface area contributed by atoms with Crippen LogP contribution in [0, 0.1) is 0 Å². The lowest BCUT2D eigenvalue weighted by Crippen LogP contribution is -2.49. The van der Waals surface area contributed by atoms with Crippen molar-refractivity contribution in [3.63, 3.8) is 0 Å². The van der Waals surface area contributed by atoms with Gasteiger partial charge in [-0.15, -0.1) is 0 Å². The van der Waals surface area contributed by atoms with E-state index in [0.717, 1.165) is 0 Å². The third-order valence-electron chi connectivity index (χ3n) is 2.74. The molecule has 0 atom stereocenters. The summed E-state index contributed by atoms with van der Waals surface area (Å²) in [4.78, 5) is 0. The van der Waals surface area contributed by atoms with Crippen LogP contribution in [0.15, 0.2) is 36.4 Å². The Bertz CT molecular complexity index is 620. The molecule has 21 heavy (non-hydrogen) atoms. The van der Waals surface area contributed by atoms with Gasteiger partial charge in [0.2, 0.25) is 0 Å². The molecule has 1 aromatic carbocycles. The molecule has 2 aromatic rings. The first-order valence-electron chi connectivity index (χ1n) is 5.51. The topological polar surface area (TPSA) is 28.7 Å². The summed E-state index contributed by atoms with van der Waals surface area (Å²) in [6.45, 7) is 0.